The Bertz CT molecular complexity index is 452. The van der Waals surface area contributed by atoms with E-state index in [1.54, 1.807) is 0 Å². The van der Waals surface area contributed by atoms with Gasteiger partial charge in [0.25, 0.3) is 0 Å². The van der Waals surface area contributed by atoms with Crippen molar-refractivity contribution in [2.75, 3.05) is 26.2 Å². The molecular formula is C15H21FN2O. The predicted molar refractivity (Wildman–Crippen MR) is 72.6 cm³/mol. The van der Waals surface area contributed by atoms with Crippen LogP contribution in [0.5, 0.6) is 5.75 Å². The monoisotopic (exact) mass is 264 g/mol. The van der Waals surface area contributed by atoms with Gasteiger partial charge in [0.1, 0.15) is 11.6 Å². The van der Waals surface area contributed by atoms with Gasteiger partial charge in [-0.2, -0.15) is 0 Å². The van der Waals surface area contributed by atoms with Gasteiger partial charge in [-0.1, -0.05) is 0 Å². The maximum absolute atomic E-state index is 13.3. The Morgan fingerprint density at radius 3 is 2.95 bits per heavy atom. The van der Waals surface area contributed by atoms with E-state index in [4.69, 9.17) is 0 Å². The first-order chi connectivity index (χ1) is 9.22. The molecule has 1 aromatic rings. The highest BCUT2D eigenvalue weighted by Crippen LogP contribution is 2.24. The van der Waals surface area contributed by atoms with E-state index in [0.29, 0.717) is 18.2 Å². The van der Waals surface area contributed by atoms with Crippen molar-refractivity contribution in [3.05, 3.63) is 29.6 Å². The standard InChI is InChI=1S/C15H21FN2O/c16-13-4-5-15(19)12(9-13)10-17-6-2-8-18-7-1-3-14(18)11-17/h4-5,9,14,19H,1-3,6-8,10-11H2. The fourth-order valence-corrected chi connectivity index (χ4v) is 3.35. The number of aromatic hydroxyl groups is 1. The average Bonchev–Trinajstić information content (AvgIpc) is 2.73. The number of rotatable bonds is 2. The van der Waals surface area contributed by atoms with Crippen LogP contribution < -0.4 is 0 Å². The van der Waals surface area contributed by atoms with Crippen LogP contribution in [-0.4, -0.2) is 47.1 Å². The van der Waals surface area contributed by atoms with Crippen molar-refractivity contribution in [2.24, 2.45) is 0 Å². The topological polar surface area (TPSA) is 26.7 Å². The normalized spacial score (nSPS) is 25.2. The minimum absolute atomic E-state index is 0.203. The van der Waals surface area contributed by atoms with Crippen molar-refractivity contribution in [2.45, 2.75) is 31.8 Å². The summed E-state index contributed by atoms with van der Waals surface area (Å²) in [5.74, 6) is -0.0703. The van der Waals surface area contributed by atoms with E-state index in [0.717, 1.165) is 19.5 Å². The molecule has 3 rings (SSSR count). The zero-order valence-corrected chi connectivity index (χ0v) is 11.2. The smallest absolute Gasteiger partial charge is 0.123 e. The van der Waals surface area contributed by atoms with Gasteiger partial charge < -0.3 is 5.11 Å². The first kappa shape index (κ1) is 12.9. The second kappa shape index (κ2) is 5.47. The molecular weight excluding hydrogens is 243 g/mol. The van der Waals surface area contributed by atoms with Crippen LogP contribution in [0.15, 0.2) is 18.2 Å². The van der Waals surface area contributed by atoms with E-state index in [1.165, 1.54) is 44.1 Å². The highest BCUT2D eigenvalue weighted by molar-refractivity contribution is 5.32. The summed E-state index contributed by atoms with van der Waals surface area (Å²) < 4.78 is 13.3. The molecule has 0 bridgehead atoms. The van der Waals surface area contributed by atoms with Gasteiger partial charge >= 0.3 is 0 Å². The summed E-state index contributed by atoms with van der Waals surface area (Å²) in [6, 6.07) is 4.86. The van der Waals surface area contributed by atoms with E-state index < -0.39 is 0 Å². The van der Waals surface area contributed by atoms with E-state index >= 15 is 0 Å². The number of halogens is 1. The van der Waals surface area contributed by atoms with Crippen LogP contribution in [-0.2, 0) is 6.54 Å². The van der Waals surface area contributed by atoms with Gasteiger partial charge in [-0.15, -0.1) is 0 Å². The molecule has 1 N–H and O–H groups in total. The second-order valence-corrected chi connectivity index (χ2v) is 5.69. The lowest BCUT2D eigenvalue weighted by molar-refractivity contribution is 0.214. The summed E-state index contributed by atoms with van der Waals surface area (Å²) in [6.45, 7) is 5.12. The molecule has 0 spiro atoms. The number of fused-ring (bicyclic) bond motifs is 1. The molecule has 1 aromatic carbocycles. The van der Waals surface area contributed by atoms with Gasteiger partial charge in [-0.3, -0.25) is 9.80 Å². The Hall–Kier alpha value is -1.13. The van der Waals surface area contributed by atoms with Crippen molar-refractivity contribution in [1.82, 2.24) is 9.80 Å². The molecule has 0 aliphatic carbocycles. The van der Waals surface area contributed by atoms with Crippen LogP contribution in [0.4, 0.5) is 4.39 Å². The van der Waals surface area contributed by atoms with E-state index in [1.807, 2.05) is 0 Å². The van der Waals surface area contributed by atoms with E-state index in [9.17, 15) is 9.50 Å². The van der Waals surface area contributed by atoms with Crippen molar-refractivity contribution in [1.29, 1.82) is 0 Å². The highest BCUT2D eigenvalue weighted by Gasteiger charge is 2.28. The zero-order chi connectivity index (χ0) is 13.2. The summed E-state index contributed by atoms with van der Waals surface area (Å²) in [7, 11) is 0. The first-order valence-electron chi connectivity index (χ1n) is 7.16. The Balaban J connectivity index is 1.70. The molecule has 104 valence electrons. The summed E-state index contributed by atoms with van der Waals surface area (Å²) in [5, 5.41) is 9.82. The van der Waals surface area contributed by atoms with Gasteiger partial charge in [-0.05, 0) is 57.1 Å². The molecule has 0 aromatic heterocycles. The minimum atomic E-state index is -0.273. The number of phenolic OH excluding ortho intramolecular Hbond substituents is 1. The van der Waals surface area contributed by atoms with Crippen molar-refractivity contribution in [3.8, 4) is 5.75 Å². The fourth-order valence-electron chi connectivity index (χ4n) is 3.35. The Morgan fingerprint density at radius 1 is 1.21 bits per heavy atom. The van der Waals surface area contributed by atoms with Crippen molar-refractivity contribution in [3.63, 3.8) is 0 Å². The van der Waals surface area contributed by atoms with Gasteiger partial charge in [0, 0.05) is 24.7 Å². The average molecular weight is 264 g/mol. The molecule has 0 saturated carbocycles. The van der Waals surface area contributed by atoms with Gasteiger partial charge in [0.2, 0.25) is 0 Å². The van der Waals surface area contributed by atoms with Crippen LogP contribution in [0.2, 0.25) is 0 Å². The summed E-state index contributed by atoms with van der Waals surface area (Å²) in [5.41, 5.74) is 0.700. The molecule has 2 heterocycles. The second-order valence-electron chi connectivity index (χ2n) is 5.69. The van der Waals surface area contributed by atoms with Gasteiger partial charge in [-0.25, -0.2) is 4.39 Å². The third kappa shape index (κ3) is 2.90. The lowest BCUT2D eigenvalue weighted by Crippen LogP contribution is -2.36. The zero-order valence-electron chi connectivity index (χ0n) is 11.2. The third-order valence-electron chi connectivity index (χ3n) is 4.32. The van der Waals surface area contributed by atoms with Crippen molar-refractivity contribution >= 4 is 0 Å². The van der Waals surface area contributed by atoms with Gasteiger partial charge in [0.15, 0.2) is 0 Å². The SMILES string of the molecule is Oc1ccc(F)cc1CN1CCCN2CCCC2C1. The van der Waals surface area contributed by atoms with E-state index in [-0.39, 0.29) is 11.6 Å². The minimum Gasteiger partial charge on any atom is -0.508 e. The quantitative estimate of drug-likeness (QED) is 0.887. The highest BCUT2D eigenvalue weighted by atomic mass is 19.1. The number of hydrogen-bond acceptors (Lipinski definition) is 3. The number of phenols is 1. The molecule has 0 radical (unpaired) electrons. The van der Waals surface area contributed by atoms with Crippen LogP contribution >= 0.6 is 0 Å². The molecule has 1 atom stereocenters. The van der Waals surface area contributed by atoms with Crippen LogP contribution in [0.1, 0.15) is 24.8 Å². The molecule has 19 heavy (non-hydrogen) atoms. The Labute approximate surface area is 113 Å². The van der Waals surface area contributed by atoms with Crippen LogP contribution in [0, 0.1) is 5.82 Å². The summed E-state index contributed by atoms with van der Waals surface area (Å²) >= 11 is 0. The summed E-state index contributed by atoms with van der Waals surface area (Å²) in [6.07, 6.45) is 3.72. The third-order valence-corrected chi connectivity index (χ3v) is 4.32. The van der Waals surface area contributed by atoms with Gasteiger partial charge in [0.05, 0.1) is 0 Å². The number of hydrogen-bond donors (Lipinski definition) is 1. The Kier molecular flexibility index (Phi) is 3.71. The molecule has 2 fully saturated rings. The molecule has 4 heteroatoms. The first-order valence-corrected chi connectivity index (χ1v) is 7.16. The maximum atomic E-state index is 13.3. The molecule has 2 aliphatic heterocycles. The number of nitrogens with zero attached hydrogens (tertiary/aromatic N) is 2. The summed E-state index contributed by atoms with van der Waals surface area (Å²) in [4.78, 5) is 4.93. The van der Waals surface area contributed by atoms with E-state index in [2.05, 4.69) is 9.80 Å². The van der Waals surface area contributed by atoms with Crippen LogP contribution in [0.3, 0.4) is 0 Å². The molecule has 2 saturated heterocycles. The maximum Gasteiger partial charge on any atom is 0.123 e. The van der Waals surface area contributed by atoms with Crippen LogP contribution in [0.25, 0.3) is 0 Å². The lowest BCUT2D eigenvalue weighted by Gasteiger charge is -2.25. The largest absolute Gasteiger partial charge is 0.508 e. The molecule has 1 unspecified atom stereocenters. The fraction of sp³-hybridized carbons (Fsp3) is 0.600. The Morgan fingerprint density at radius 2 is 2.05 bits per heavy atom. The lowest BCUT2D eigenvalue weighted by atomic mass is 10.1. The number of benzene rings is 1. The molecule has 0 amide bonds. The molecule has 2 aliphatic rings. The molecule has 3 nitrogen and oxygen atoms in total. The van der Waals surface area contributed by atoms with Crippen molar-refractivity contribution < 1.29 is 9.50 Å². The predicted octanol–water partition coefficient (Wildman–Crippen LogP) is 2.20.